The summed E-state index contributed by atoms with van der Waals surface area (Å²) in [5.74, 6) is 0. The van der Waals surface area contributed by atoms with Crippen molar-refractivity contribution in [1.29, 1.82) is 0 Å². The van der Waals surface area contributed by atoms with Crippen molar-refractivity contribution in [2.45, 2.75) is 25.7 Å². The second-order valence-corrected chi connectivity index (χ2v) is 6.09. The Kier molecular flexibility index (Phi) is 2.67. The molecule has 0 radical (unpaired) electrons. The van der Waals surface area contributed by atoms with Gasteiger partial charge in [-0.25, -0.2) is 0 Å². The normalized spacial score (nSPS) is 14.4. The number of fused-ring (bicyclic) bond motifs is 2. The molecule has 1 aliphatic carbocycles. The Labute approximate surface area is 120 Å². The van der Waals surface area contributed by atoms with Gasteiger partial charge in [0, 0.05) is 16.6 Å². The summed E-state index contributed by atoms with van der Waals surface area (Å²) in [6.07, 6.45) is 4.56. The van der Waals surface area contributed by atoms with Crippen LogP contribution in [-0.2, 0) is 12.8 Å². The second-order valence-electron chi connectivity index (χ2n) is 5.08. The monoisotopic (exact) mass is 282 g/mol. The number of aromatic nitrogens is 3. The van der Waals surface area contributed by atoms with Crippen molar-refractivity contribution in [3.05, 3.63) is 35.5 Å². The van der Waals surface area contributed by atoms with Crippen molar-refractivity contribution in [1.82, 2.24) is 15.2 Å². The Morgan fingerprint density at radius 2 is 1.90 bits per heavy atom. The van der Waals surface area contributed by atoms with Crippen LogP contribution in [0.1, 0.15) is 24.1 Å². The first-order chi connectivity index (χ1) is 9.83. The third kappa shape index (κ3) is 1.78. The Bertz CT molecular complexity index is 794. The van der Waals surface area contributed by atoms with Crippen LogP contribution in [0.15, 0.2) is 24.3 Å². The van der Waals surface area contributed by atoms with E-state index in [1.165, 1.54) is 41.0 Å². The lowest BCUT2D eigenvalue weighted by atomic mass is 9.90. The number of hydrogen-bond acceptors (Lipinski definition) is 5. The van der Waals surface area contributed by atoms with Gasteiger partial charge >= 0.3 is 0 Å². The van der Waals surface area contributed by atoms with E-state index in [1.54, 1.807) is 0 Å². The van der Waals surface area contributed by atoms with Gasteiger partial charge in [0.2, 0.25) is 5.13 Å². The lowest BCUT2D eigenvalue weighted by Gasteiger charge is -2.19. The van der Waals surface area contributed by atoms with Crippen molar-refractivity contribution in [2.75, 3.05) is 5.73 Å². The minimum Gasteiger partial charge on any atom is -0.374 e. The number of rotatable bonds is 1. The summed E-state index contributed by atoms with van der Waals surface area (Å²) in [6, 6.07) is 8.26. The molecule has 4 nitrogen and oxygen atoms in total. The van der Waals surface area contributed by atoms with Crippen molar-refractivity contribution in [2.24, 2.45) is 0 Å². The number of nitrogen functional groups attached to an aromatic ring is 1. The summed E-state index contributed by atoms with van der Waals surface area (Å²) in [5, 5.41) is 10.8. The predicted molar refractivity (Wildman–Crippen MR) is 81.7 cm³/mol. The molecule has 0 saturated heterocycles. The first kappa shape index (κ1) is 11.8. The van der Waals surface area contributed by atoms with E-state index in [4.69, 9.17) is 10.7 Å². The van der Waals surface area contributed by atoms with E-state index in [0.29, 0.717) is 5.13 Å². The second kappa shape index (κ2) is 4.52. The fourth-order valence-corrected chi connectivity index (χ4v) is 3.65. The summed E-state index contributed by atoms with van der Waals surface area (Å²) in [6.45, 7) is 0. The topological polar surface area (TPSA) is 64.7 Å². The first-order valence-electron chi connectivity index (χ1n) is 6.83. The molecule has 0 saturated carbocycles. The van der Waals surface area contributed by atoms with E-state index in [0.717, 1.165) is 28.8 Å². The largest absolute Gasteiger partial charge is 0.374 e. The number of benzene rings is 1. The molecule has 5 heteroatoms. The molecule has 4 rings (SSSR count). The molecule has 1 aromatic carbocycles. The zero-order valence-corrected chi connectivity index (χ0v) is 11.8. The number of pyridine rings is 1. The van der Waals surface area contributed by atoms with Crippen LogP contribution in [0.4, 0.5) is 5.13 Å². The number of nitrogens with two attached hydrogens (primary N) is 1. The minimum atomic E-state index is 0.519. The van der Waals surface area contributed by atoms with E-state index in [9.17, 15) is 0 Å². The first-order valence-corrected chi connectivity index (χ1v) is 7.64. The molecule has 100 valence electrons. The van der Waals surface area contributed by atoms with Crippen LogP contribution >= 0.6 is 11.3 Å². The SMILES string of the molecule is Nc1nnc(-c2c3c(nc4ccccc24)CCCC3)s1. The van der Waals surface area contributed by atoms with Gasteiger partial charge in [-0.3, -0.25) is 4.98 Å². The number of aryl methyl sites for hydroxylation is 1. The van der Waals surface area contributed by atoms with Gasteiger partial charge in [0.05, 0.1) is 5.52 Å². The zero-order chi connectivity index (χ0) is 13.5. The Hall–Kier alpha value is -2.01. The van der Waals surface area contributed by atoms with Crippen molar-refractivity contribution < 1.29 is 0 Å². The van der Waals surface area contributed by atoms with E-state index in [2.05, 4.69) is 22.3 Å². The summed E-state index contributed by atoms with van der Waals surface area (Å²) < 4.78 is 0. The summed E-state index contributed by atoms with van der Waals surface area (Å²) in [4.78, 5) is 4.83. The van der Waals surface area contributed by atoms with Crippen molar-refractivity contribution >= 4 is 27.4 Å². The minimum absolute atomic E-state index is 0.519. The van der Waals surface area contributed by atoms with Crippen LogP contribution in [0.25, 0.3) is 21.5 Å². The molecule has 20 heavy (non-hydrogen) atoms. The smallest absolute Gasteiger partial charge is 0.203 e. The summed E-state index contributed by atoms with van der Waals surface area (Å²) in [5.41, 5.74) is 10.6. The van der Waals surface area contributed by atoms with Gasteiger partial charge in [-0.15, -0.1) is 10.2 Å². The average Bonchev–Trinajstić information content (AvgIpc) is 2.91. The molecule has 2 N–H and O–H groups in total. The fourth-order valence-electron chi connectivity index (χ4n) is 2.95. The third-order valence-electron chi connectivity index (χ3n) is 3.82. The molecule has 2 aromatic heterocycles. The molecule has 0 spiro atoms. The molecule has 1 aliphatic rings. The van der Waals surface area contributed by atoms with Gasteiger partial charge in [-0.1, -0.05) is 29.5 Å². The molecular formula is C15H14N4S. The van der Waals surface area contributed by atoms with E-state index < -0.39 is 0 Å². The quantitative estimate of drug-likeness (QED) is 0.744. The highest BCUT2D eigenvalue weighted by Gasteiger charge is 2.21. The van der Waals surface area contributed by atoms with E-state index in [-0.39, 0.29) is 0 Å². The van der Waals surface area contributed by atoms with Gasteiger partial charge < -0.3 is 5.73 Å². The van der Waals surface area contributed by atoms with Gasteiger partial charge in [0.25, 0.3) is 0 Å². The highest BCUT2D eigenvalue weighted by Crippen LogP contribution is 2.37. The highest BCUT2D eigenvalue weighted by atomic mass is 32.1. The lowest BCUT2D eigenvalue weighted by molar-refractivity contribution is 0.672. The van der Waals surface area contributed by atoms with Crippen LogP contribution in [0.5, 0.6) is 0 Å². The zero-order valence-electron chi connectivity index (χ0n) is 11.0. The van der Waals surface area contributed by atoms with Crippen LogP contribution < -0.4 is 5.73 Å². The molecule has 3 aromatic rings. The lowest BCUT2D eigenvalue weighted by Crippen LogP contribution is -2.08. The maximum Gasteiger partial charge on any atom is 0.203 e. The van der Waals surface area contributed by atoms with E-state index in [1.807, 2.05) is 12.1 Å². The van der Waals surface area contributed by atoms with E-state index >= 15 is 0 Å². The molecule has 2 heterocycles. The predicted octanol–water partition coefficient (Wildman–Crippen LogP) is 3.21. The van der Waals surface area contributed by atoms with Gasteiger partial charge in [0.15, 0.2) is 5.01 Å². The molecule has 0 unspecified atom stereocenters. The van der Waals surface area contributed by atoms with Gasteiger partial charge in [-0.05, 0) is 37.3 Å². The van der Waals surface area contributed by atoms with Gasteiger partial charge in [-0.2, -0.15) is 0 Å². The maximum atomic E-state index is 5.77. The molecule has 0 bridgehead atoms. The molecular weight excluding hydrogens is 268 g/mol. The number of para-hydroxylation sites is 1. The molecule has 0 amide bonds. The van der Waals surface area contributed by atoms with Crippen molar-refractivity contribution in [3.63, 3.8) is 0 Å². The number of nitrogens with zero attached hydrogens (tertiary/aromatic N) is 3. The Morgan fingerprint density at radius 3 is 2.75 bits per heavy atom. The van der Waals surface area contributed by atoms with Crippen LogP contribution in [0.2, 0.25) is 0 Å². The standard InChI is InChI=1S/C15H14N4S/c16-15-19-18-14(20-15)13-9-5-1-3-7-11(9)17-12-8-4-2-6-10(12)13/h1,3,5,7H,2,4,6,8H2,(H2,16,19). The number of hydrogen-bond donors (Lipinski definition) is 1. The third-order valence-corrected chi connectivity index (χ3v) is 4.59. The van der Waals surface area contributed by atoms with Gasteiger partial charge in [0.1, 0.15) is 0 Å². The molecule has 0 aliphatic heterocycles. The highest BCUT2D eigenvalue weighted by molar-refractivity contribution is 7.18. The summed E-state index contributed by atoms with van der Waals surface area (Å²) >= 11 is 1.46. The Balaban J connectivity index is 2.10. The average molecular weight is 282 g/mol. The molecule has 0 fully saturated rings. The summed E-state index contributed by atoms with van der Waals surface area (Å²) in [7, 11) is 0. The van der Waals surface area contributed by atoms with Crippen LogP contribution in [0.3, 0.4) is 0 Å². The maximum absolute atomic E-state index is 5.77. The van der Waals surface area contributed by atoms with Crippen molar-refractivity contribution in [3.8, 4) is 10.6 Å². The molecule has 0 atom stereocenters. The fraction of sp³-hybridized carbons (Fsp3) is 0.267. The Morgan fingerprint density at radius 1 is 1.05 bits per heavy atom. The van der Waals surface area contributed by atoms with Crippen LogP contribution in [-0.4, -0.2) is 15.2 Å². The van der Waals surface area contributed by atoms with Crippen LogP contribution in [0, 0.1) is 0 Å². The number of anilines is 1.